The Bertz CT molecular complexity index is 1500. The van der Waals surface area contributed by atoms with E-state index in [0.29, 0.717) is 42.4 Å². The molecule has 0 spiro atoms. The molecular formula is C38H57NO5S. The highest BCUT2D eigenvalue weighted by Crippen LogP contribution is 2.76. The standard InChI is InChI=1S/C38H57NO5S/c1-24(2)27-14-18-38(23-40)20-19-36(7)29(32(27)38)12-13-31-35(6)16-9-21-39(34(4,5)30(35)15-17-37(31,36)8)45(43,44)26-11-10-25(3)28(22-26)33(41)42/h10-11,22,27,29-32,40H,1,9,12-21,23H2,2-8H3,(H,41,42)/t27-,29+,30?,31+,32+,35-,36+,37+,38+/m0/s1. The van der Waals surface area contributed by atoms with E-state index in [0.717, 1.165) is 57.8 Å². The van der Waals surface area contributed by atoms with E-state index in [2.05, 4.69) is 48.1 Å². The number of aromatic carboxylic acids is 1. The predicted molar refractivity (Wildman–Crippen MR) is 178 cm³/mol. The quantitative estimate of drug-likeness (QED) is 0.318. The van der Waals surface area contributed by atoms with E-state index in [9.17, 15) is 23.4 Å². The number of hydrogen-bond donors (Lipinski definition) is 2. The Morgan fingerprint density at radius 2 is 1.67 bits per heavy atom. The summed E-state index contributed by atoms with van der Waals surface area (Å²) >= 11 is 0. The second-order valence-corrected chi connectivity index (χ2v) is 19.2. The maximum Gasteiger partial charge on any atom is 0.335 e. The predicted octanol–water partition coefficient (Wildman–Crippen LogP) is 8.09. The number of aliphatic hydroxyl groups excluding tert-OH is 1. The first-order chi connectivity index (χ1) is 20.9. The lowest BCUT2D eigenvalue weighted by Crippen LogP contribution is -2.66. The van der Waals surface area contributed by atoms with Gasteiger partial charge in [-0.25, -0.2) is 13.2 Å². The van der Waals surface area contributed by atoms with E-state index in [1.54, 1.807) is 23.4 Å². The lowest BCUT2D eigenvalue weighted by Gasteiger charge is -2.71. The summed E-state index contributed by atoms with van der Waals surface area (Å²) in [4.78, 5) is 12.0. The summed E-state index contributed by atoms with van der Waals surface area (Å²) in [5, 5.41) is 20.6. The van der Waals surface area contributed by atoms with Crippen LogP contribution in [0.2, 0.25) is 0 Å². The number of aryl methyl sites for hydroxylation is 1. The number of carbonyl (C=O) groups is 1. The normalized spacial score (nSPS) is 42.9. The van der Waals surface area contributed by atoms with Crippen molar-refractivity contribution >= 4 is 16.0 Å². The van der Waals surface area contributed by atoms with Crippen molar-refractivity contribution in [1.82, 2.24) is 4.31 Å². The first-order valence-corrected chi connectivity index (χ1v) is 19.0. The highest BCUT2D eigenvalue weighted by atomic mass is 32.2. The van der Waals surface area contributed by atoms with Gasteiger partial charge >= 0.3 is 5.97 Å². The molecule has 7 heteroatoms. The number of hydrogen-bond acceptors (Lipinski definition) is 4. The van der Waals surface area contributed by atoms with Crippen LogP contribution in [0.25, 0.3) is 0 Å². The minimum Gasteiger partial charge on any atom is -0.478 e. The highest BCUT2D eigenvalue weighted by molar-refractivity contribution is 7.89. The SMILES string of the molecule is C=C(C)[C@@H]1CC[C@]2(CO)CC[C@]3(C)[C@H](CC[C@@H]4[C@@]5(C)CCCN(S(=O)(=O)c6ccc(C)c(C(=O)O)c6)C(C)(C)C5CC[C@]43C)[C@@H]12. The molecule has 1 heterocycles. The van der Waals surface area contributed by atoms with Gasteiger partial charge in [0, 0.05) is 18.7 Å². The summed E-state index contributed by atoms with van der Waals surface area (Å²) in [6.07, 6.45) is 10.7. The molecular weight excluding hydrogens is 582 g/mol. The van der Waals surface area contributed by atoms with Gasteiger partial charge in [-0.3, -0.25) is 0 Å². The zero-order valence-corrected chi connectivity index (χ0v) is 29.6. The summed E-state index contributed by atoms with van der Waals surface area (Å²) in [6, 6.07) is 4.55. The van der Waals surface area contributed by atoms with Crippen molar-refractivity contribution in [2.24, 2.45) is 51.2 Å². The lowest BCUT2D eigenvalue weighted by atomic mass is 9.33. The Morgan fingerprint density at radius 3 is 2.31 bits per heavy atom. The summed E-state index contributed by atoms with van der Waals surface area (Å²) in [6.45, 7) is 21.0. The Morgan fingerprint density at radius 1 is 0.956 bits per heavy atom. The average Bonchev–Trinajstić information content (AvgIpc) is 3.31. The maximum atomic E-state index is 14.4. The number of nitrogens with zero attached hydrogens (tertiary/aromatic N) is 1. The number of benzene rings is 1. The van der Waals surface area contributed by atoms with E-state index >= 15 is 0 Å². The number of sulfonamides is 1. The molecule has 1 aromatic rings. The Kier molecular flexibility index (Phi) is 7.86. The van der Waals surface area contributed by atoms with Crippen LogP contribution < -0.4 is 0 Å². The smallest absolute Gasteiger partial charge is 0.335 e. The van der Waals surface area contributed by atoms with Crippen LogP contribution in [0.5, 0.6) is 0 Å². The molecule has 1 unspecified atom stereocenters. The van der Waals surface area contributed by atoms with Gasteiger partial charge in [0.2, 0.25) is 10.0 Å². The summed E-state index contributed by atoms with van der Waals surface area (Å²) in [5.41, 5.74) is 1.61. The third kappa shape index (κ3) is 4.45. The number of allylic oxidation sites excluding steroid dienone is 1. The molecule has 9 atom stereocenters. The topological polar surface area (TPSA) is 94.9 Å². The first kappa shape index (κ1) is 33.2. The molecule has 6 nitrogen and oxygen atoms in total. The molecule has 5 aliphatic rings. The van der Waals surface area contributed by atoms with E-state index in [-0.39, 0.29) is 38.0 Å². The second-order valence-electron chi connectivity index (χ2n) is 17.3. The minimum absolute atomic E-state index is 0.0107. The van der Waals surface area contributed by atoms with Crippen molar-refractivity contribution < 1.29 is 23.4 Å². The Balaban J connectivity index is 1.36. The Labute approximate surface area is 272 Å². The lowest BCUT2D eigenvalue weighted by molar-refractivity contribution is -0.228. The molecule has 4 aliphatic carbocycles. The van der Waals surface area contributed by atoms with Gasteiger partial charge in [-0.2, -0.15) is 4.31 Å². The molecule has 5 fully saturated rings. The fourth-order valence-electron chi connectivity index (χ4n) is 13.0. The van der Waals surface area contributed by atoms with Gasteiger partial charge in [0.1, 0.15) is 0 Å². The van der Waals surface area contributed by atoms with Crippen LogP contribution in [0.1, 0.15) is 122 Å². The number of aliphatic hydroxyl groups is 1. The van der Waals surface area contributed by atoms with Gasteiger partial charge in [0.05, 0.1) is 10.5 Å². The molecule has 45 heavy (non-hydrogen) atoms. The summed E-state index contributed by atoms with van der Waals surface area (Å²) < 4.78 is 30.5. The van der Waals surface area contributed by atoms with Crippen LogP contribution in [0, 0.1) is 58.2 Å². The van der Waals surface area contributed by atoms with Gasteiger partial charge in [-0.15, -0.1) is 0 Å². The minimum atomic E-state index is -3.91. The van der Waals surface area contributed by atoms with Gasteiger partial charge < -0.3 is 10.2 Å². The molecule has 6 rings (SSSR count). The van der Waals surface area contributed by atoms with Crippen molar-refractivity contribution in [2.75, 3.05) is 13.2 Å². The zero-order chi connectivity index (χ0) is 33.0. The average molecular weight is 640 g/mol. The molecule has 0 bridgehead atoms. The largest absolute Gasteiger partial charge is 0.478 e. The number of fused-ring (bicyclic) bond motifs is 7. The van der Waals surface area contributed by atoms with Crippen molar-refractivity contribution in [3.05, 3.63) is 41.5 Å². The maximum absolute atomic E-state index is 14.4. The first-order valence-electron chi connectivity index (χ1n) is 17.5. The van der Waals surface area contributed by atoms with Crippen LogP contribution in [-0.4, -0.2) is 47.6 Å². The zero-order valence-electron chi connectivity index (χ0n) is 28.8. The second kappa shape index (κ2) is 10.7. The molecule has 1 saturated heterocycles. The van der Waals surface area contributed by atoms with Gasteiger partial charge in [0.25, 0.3) is 0 Å². The number of rotatable bonds is 5. The van der Waals surface area contributed by atoms with Crippen LogP contribution in [0.4, 0.5) is 0 Å². The van der Waals surface area contributed by atoms with E-state index in [4.69, 9.17) is 0 Å². The molecule has 2 N–H and O–H groups in total. The van der Waals surface area contributed by atoms with Gasteiger partial charge in [0.15, 0.2) is 0 Å². The molecule has 1 aliphatic heterocycles. The van der Waals surface area contributed by atoms with Crippen molar-refractivity contribution in [1.29, 1.82) is 0 Å². The highest BCUT2D eigenvalue weighted by Gasteiger charge is 2.70. The van der Waals surface area contributed by atoms with E-state index in [1.165, 1.54) is 18.1 Å². The third-order valence-corrected chi connectivity index (χ3v) is 17.5. The summed E-state index contributed by atoms with van der Waals surface area (Å²) in [7, 11) is -3.91. The van der Waals surface area contributed by atoms with Crippen LogP contribution in [-0.2, 0) is 10.0 Å². The third-order valence-electron chi connectivity index (χ3n) is 15.4. The molecule has 0 aromatic heterocycles. The molecule has 0 radical (unpaired) electrons. The molecule has 4 saturated carbocycles. The fraction of sp³-hybridized carbons (Fsp3) is 0.763. The van der Waals surface area contributed by atoms with E-state index in [1.807, 2.05) is 0 Å². The van der Waals surface area contributed by atoms with Crippen LogP contribution in [0.15, 0.2) is 35.2 Å². The van der Waals surface area contributed by atoms with Gasteiger partial charge in [-0.1, -0.05) is 39.0 Å². The van der Waals surface area contributed by atoms with Gasteiger partial charge in [-0.05, 0) is 161 Å². The van der Waals surface area contributed by atoms with Crippen molar-refractivity contribution in [2.45, 2.75) is 123 Å². The number of carboxylic acid groups (broad SMARTS) is 1. The summed E-state index contributed by atoms with van der Waals surface area (Å²) in [5.74, 6) is 1.15. The Hall–Kier alpha value is -1.70. The molecule has 250 valence electrons. The fourth-order valence-corrected chi connectivity index (χ4v) is 14.9. The molecule has 0 amide bonds. The van der Waals surface area contributed by atoms with Crippen molar-refractivity contribution in [3.8, 4) is 0 Å². The molecule has 1 aromatic carbocycles. The van der Waals surface area contributed by atoms with Crippen LogP contribution >= 0.6 is 0 Å². The number of carboxylic acids is 1. The monoisotopic (exact) mass is 639 g/mol. The van der Waals surface area contributed by atoms with Crippen LogP contribution in [0.3, 0.4) is 0 Å². The van der Waals surface area contributed by atoms with E-state index < -0.39 is 21.5 Å². The van der Waals surface area contributed by atoms with Crippen molar-refractivity contribution in [3.63, 3.8) is 0 Å².